The van der Waals surface area contributed by atoms with E-state index in [0.29, 0.717) is 5.69 Å². The average molecular weight is 355 g/mol. The first-order valence-electron chi connectivity index (χ1n) is 9.25. The van der Waals surface area contributed by atoms with Gasteiger partial charge in [0, 0.05) is 22.9 Å². The third kappa shape index (κ3) is 2.52. The molecule has 0 saturated carbocycles. The molecule has 4 rings (SSSR count). The minimum absolute atomic E-state index is 0.284. The molecule has 0 bridgehead atoms. The average Bonchev–Trinajstić information content (AvgIpc) is 3.02. The molecule has 0 aliphatic heterocycles. The fourth-order valence-corrected chi connectivity index (χ4v) is 3.93. The maximum absolute atomic E-state index is 7.59. The minimum atomic E-state index is 0.284. The molecule has 4 aromatic rings. The van der Waals surface area contributed by atoms with Gasteiger partial charge >= 0.3 is 0 Å². The number of benzene rings is 2. The minimum Gasteiger partial charge on any atom is -0.455 e. The smallest absolute Gasteiger partial charge is 0.216 e. The summed E-state index contributed by atoms with van der Waals surface area (Å²) in [6, 6.07) is 12.5. The van der Waals surface area contributed by atoms with Crippen LogP contribution in [0.15, 0.2) is 47.0 Å². The molecule has 134 valence electrons. The Morgan fingerprint density at radius 2 is 1.85 bits per heavy atom. The van der Waals surface area contributed by atoms with E-state index in [-0.39, 0.29) is 5.92 Å². The molecule has 0 unspecified atom stereocenters. The van der Waals surface area contributed by atoms with Gasteiger partial charge in [-0.1, -0.05) is 26.0 Å². The van der Waals surface area contributed by atoms with Crippen molar-refractivity contribution in [3.63, 3.8) is 0 Å². The molecule has 3 heteroatoms. The predicted octanol–water partition coefficient (Wildman–Crippen LogP) is 6.37. The molecule has 0 atom stereocenters. The SMILES string of the molecule is [C-]#[N+]c1cc(C(C)C)c2oc3c(-c4cccc[n+]4C)c(C)ccc3c2c1C. The van der Waals surface area contributed by atoms with Crippen LogP contribution in [-0.4, -0.2) is 0 Å². The maximum Gasteiger partial charge on any atom is 0.216 e. The second-order valence-corrected chi connectivity index (χ2v) is 7.51. The fourth-order valence-electron chi connectivity index (χ4n) is 3.93. The number of rotatable bonds is 2. The summed E-state index contributed by atoms with van der Waals surface area (Å²) in [5.74, 6) is 0.284. The van der Waals surface area contributed by atoms with Gasteiger partial charge in [-0.15, -0.1) is 0 Å². The van der Waals surface area contributed by atoms with Crippen molar-refractivity contribution in [1.29, 1.82) is 0 Å². The standard InChI is InChI=1S/C24H23N2O/c1-14(2)18-13-19(25-5)16(4)22-17-11-10-15(3)21(23(17)27-24(18)22)20-9-7-8-12-26(20)6/h7-14H,1-4,6H3/q+1. The molecule has 0 amide bonds. The zero-order valence-corrected chi connectivity index (χ0v) is 16.4. The largest absolute Gasteiger partial charge is 0.455 e. The van der Waals surface area contributed by atoms with Gasteiger partial charge in [-0.05, 0) is 48.6 Å². The zero-order chi connectivity index (χ0) is 19.3. The zero-order valence-electron chi connectivity index (χ0n) is 16.4. The van der Waals surface area contributed by atoms with Crippen LogP contribution in [0.1, 0.15) is 36.5 Å². The van der Waals surface area contributed by atoms with Gasteiger partial charge in [0.1, 0.15) is 18.2 Å². The van der Waals surface area contributed by atoms with E-state index < -0.39 is 0 Å². The van der Waals surface area contributed by atoms with Crippen LogP contribution in [0.4, 0.5) is 5.69 Å². The first-order chi connectivity index (χ1) is 12.9. The maximum atomic E-state index is 7.59. The molecular weight excluding hydrogens is 332 g/mol. The molecule has 0 radical (unpaired) electrons. The highest BCUT2D eigenvalue weighted by molar-refractivity contribution is 6.13. The number of furan rings is 1. The Morgan fingerprint density at radius 3 is 2.52 bits per heavy atom. The van der Waals surface area contributed by atoms with E-state index in [1.165, 1.54) is 5.56 Å². The summed E-state index contributed by atoms with van der Waals surface area (Å²) in [5.41, 5.74) is 8.03. The highest BCUT2D eigenvalue weighted by Gasteiger charge is 2.23. The highest BCUT2D eigenvalue weighted by Crippen LogP contribution is 2.43. The van der Waals surface area contributed by atoms with E-state index in [9.17, 15) is 0 Å². The lowest BCUT2D eigenvalue weighted by molar-refractivity contribution is -0.660. The molecule has 27 heavy (non-hydrogen) atoms. The molecule has 2 aromatic heterocycles. The van der Waals surface area contributed by atoms with E-state index in [0.717, 1.165) is 44.3 Å². The predicted molar refractivity (Wildman–Crippen MR) is 110 cm³/mol. The van der Waals surface area contributed by atoms with Crippen LogP contribution < -0.4 is 4.57 Å². The normalized spacial score (nSPS) is 11.4. The first-order valence-corrected chi connectivity index (χ1v) is 9.25. The van der Waals surface area contributed by atoms with E-state index >= 15 is 0 Å². The quantitative estimate of drug-likeness (QED) is 0.302. The molecule has 2 heterocycles. The van der Waals surface area contributed by atoms with E-state index in [1.807, 2.05) is 19.1 Å². The van der Waals surface area contributed by atoms with Crippen molar-refractivity contribution in [2.75, 3.05) is 0 Å². The third-order valence-corrected chi connectivity index (χ3v) is 5.43. The Bertz CT molecular complexity index is 1240. The summed E-state index contributed by atoms with van der Waals surface area (Å²) in [7, 11) is 2.05. The number of nitrogens with zero attached hydrogens (tertiary/aromatic N) is 2. The van der Waals surface area contributed by atoms with E-state index in [1.54, 1.807) is 0 Å². The number of aryl methyl sites for hydroxylation is 3. The summed E-state index contributed by atoms with van der Waals surface area (Å²) in [5, 5.41) is 2.15. The van der Waals surface area contributed by atoms with Crippen molar-refractivity contribution in [3.05, 3.63) is 70.7 Å². The van der Waals surface area contributed by atoms with Gasteiger partial charge in [0.2, 0.25) is 5.69 Å². The van der Waals surface area contributed by atoms with Crippen LogP contribution in [0.3, 0.4) is 0 Å². The molecule has 0 saturated heterocycles. The van der Waals surface area contributed by atoms with Crippen molar-refractivity contribution < 1.29 is 8.98 Å². The Kier molecular flexibility index (Phi) is 4.00. The van der Waals surface area contributed by atoms with Gasteiger partial charge in [-0.25, -0.2) is 9.41 Å². The molecule has 2 aromatic carbocycles. The number of hydrogen-bond acceptors (Lipinski definition) is 1. The summed E-state index contributed by atoms with van der Waals surface area (Å²) in [4.78, 5) is 3.77. The number of aromatic nitrogens is 1. The Morgan fingerprint density at radius 1 is 1.07 bits per heavy atom. The molecule has 0 fully saturated rings. The van der Waals surface area contributed by atoms with Crippen LogP contribution >= 0.6 is 0 Å². The summed E-state index contributed by atoms with van der Waals surface area (Å²) < 4.78 is 8.65. The number of pyridine rings is 1. The molecule has 0 spiro atoms. The van der Waals surface area contributed by atoms with Crippen molar-refractivity contribution >= 4 is 27.6 Å². The van der Waals surface area contributed by atoms with Crippen molar-refractivity contribution in [2.45, 2.75) is 33.6 Å². The Labute approximate surface area is 159 Å². The van der Waals surface area contributed by atoms with Gasteiger partial charge in [0.25, 0.3) is 0 Å². The topological polar surface area (TPSA) is 21.4 Å². The van der Waals surface area contributed by atoms with Gasteiger partial charge < -0.3 is 4.42 Å². The fraction of sp³-hybridized carbons (Fsp3) is 0.250. The van der Waals surface area contributed by atoms with Crippen LogP contribution in [0, 0.1) is 20.4 Å². The highest BCUT2D eigenvalue weighted by atomic mass is 16.3. The van der Waals surface area contributed by atoms with Crippen LogP contribution in [0.25, 0.3) is 38.0 Å². The number of hydrogen-bond donors (Lipinski definition) is 0. The molecular formula is C24H23N2O+. The lowest BCUT2D eigenvalue weighted by Gasteiger charge is -2.09. The molecule has 3 nitrogen and oxygen atoms in total. The second-order valence-electron chi connectivity index (χ2n) is 7.51. The van der Waals surface area contributed by atoms with E-state index in [2.05, 4.69) is 67.7 Å². The monoisotopic (exact) mass is 355 g/mol. The third-order valence-electron chi connectivity index (χ3n) is 5.43. The van der Waals surface area contributed by atoms with Crippen molar-refractivity contribution in [3.8, 4) is 11.3 Å². The van der Waals surface area contributed by atoms with Gasteiger partial charge in [0.15, 0.2) is 11.9 Å². The first kappa shape index (κ1) is 17.3. The second kappa shape index (κ2) is 6.25. The van der Waals surface area contributed by atoms with Gasteiger partial charge in [-0.2, -0.15) is 0 Å². The summed E-state index contributed by atoms with van der Waals surface area (Å²) >= 11 is 0. The molecule has 0 aliphatic rings. The lowest BCUT2D eigenvalue weighted by atomic mass is 9.94. The number of fused-ring (bicyclic) bond motifs is 3. The summed E-state index contributed by atoms with van der Waals surface area (Å²) in [6.07, 6.45) is 2.05. The lowest BCUT2D eigenvalue weighted by Crippen LogP contribution is -2.30. The van der Waals surface area contributed by atoms with Crippen LogP contribution in [0.2, 0.25) is 0 Å². The van der Waals surface area contributed by atoms with Crippen molar-refractivity contribution in [2.24, 2.45) is 7.05 Å². The Balaban J connectivity index is 2.23. The van der Waals surface area contributed by atoms with Crippen LogP contribution in [-0.2, 0) is 7.05 Å². The van der Waals surface area contributed by atoms with Crippen molar-refractivity contribution in [1.82, 2.24) is 0 Å². The molecule has 0 N–H and O–H groups in total. The van der Waals surface area contributed by atoms with Gasteiger partial charge in [-0.3, -0.25) is 0 Å². The van der Waals surface area contributed by atoms with Gasteiger partial charge in [0.05, 0.1) is 12.1 Å². The Hall–Kier alpha value is -3.12. The van der Waals surface area contributed by atoms with Crippen LogP contribution in [0.5, 0.6) is 0 Å². The molecule has 0 aliphatic carbocycles. The summed E-state index contributed by atoms with van der Waals surface area (Å²) in [6.45, 7) is 16.0. The van der Waals surface area contributed by atoms with E-state index in [4.69, 9.17) is 11.0 Å².